The molecule has 1 unspecified atom stereocenters. The summed E-state index contributed by atoms with van der Waals surface area (Å²) in [7, 11) is 3.17. The molecule has 1 aromatic heterocycles. The Morgan fingerprint density at radius 2 is 1.74 bits per heavy atom. The lowest BCUT2D eigenvalue weighted by Crippen LogP contribution is -2.39. The van der Waals surface area contributed by atoms with Crippen molar-refractivity contribution in [3.63, 3.8) is 0 Å². The van der Waals surface area contributed by atoms with E-state index in [2.05, 4.69) is 31.3 Å². The van der Waals surface area contributed by atoms with Gasteiger partial charge in [0.2, 0.25) is 0 Å². The summed E-state index contributed by atoms with van der Waals surface area (Å²) in [5.41, 5.74) is 1.26. The Hall–Kier alpha value is -2.14. The fourth-order valence-corrected chi connectivity index (χ4v) is 2.73. The molecule has 1 atom stereocenters. The summed E-state index contributed by atoms with van der Waals surface area (Å²) in [6, 6.07) is 10.4. The first kappa shape index (κ1) is 17.2. The van der Waals surface area contributed by atoms with E-state index in [-0.39, 0.29) is 17.3 Å². The summed E-state index contributed by atoms with van der Waals surface area (Å²) in [4.78, 5) is 24.0. The van der Waals surface area contributed by atoms with Gasteiger partial charge in [0.25, 0.3) is 5.56 Å². The van der Waals surface area contributed by atoms with Crippen LogP contribution < -0.4 is 16.6 Å². The molecule has 23 heavy (non-hydrogen) atoms. The number of nitrogens with zero attached hydrogens (tertiary/aromatic N) is 2. The van der Waals surface area contributed by atoms with Crippen LogP contribution in [-0.2, 0) is 20.6 Å². The quantitative estimate of drug-likeness (QED) is 0.886. The van der Waals surface area contributed by atoms with Crippen molar-refractivity contribution in [2.24, 2.45) is 20.0 Å². The lowest BCUT2D eigenvalue weighted by Gasteiger charge is -2.21. The number of rotatable bonds is 6. The zero-order valence-electron chi connectivity index (χ0n) is 14.2. The zero-order chi connectivity index (χ0) is 17.0. The molecule has 5 heteroatoms. The molecule has 0 bridgehead atoms. The predicted molar refractivity (Wildman–Crippen MR) is 92.4 cm³/mol. The summed E-state index contributed by atoms with van der Waals surface area (Å²) in [6.45, 7) is 4.80. The lowest BCUT2D eigenvalue weighted by molar-refractivity contribution is 0.426. The molecule has 124 valence electrons. The lowest BCUT2D eigenvalue weighted by atomic mass is 9.97. The van der Waals surface area contributed by atoms with Crippen molar-refractivity contribution in [2.75, 3.05) is 0 Å². The van der Waals surface area contributed by atoms with E-state index in [1.807, 2.05) is 18.2 Å². The Bertz CT molecular complexity index is 760. The maximum Gasteiger partial charge on any atom is 0.330 e. The number of hydrogen-bond acceptors (Lipinski definition) is 3. The SMILES string of the molecule is CC(C)CC(NCc1cn(C)c(=O)n(C)c1=O)c1ccccc1. The molecular formula is C18H25N3O2. The molecular weight excluding hydrogens is 290 g/mol. The Morgan fingerprint density at radius 1 is 1.09 bits per heavy atom. The van der Waals surface area contributed by atoms with E-state index in [1.165, 1.54) is 17.2 Å². The van der Waals surface area contributed by atoms with Gasteiger partial charge >= 0.3 is 5.69 Å². The van der Waals surface area contributed by atoms with Crippen LogP contribution in [0.15, 0.2) is 46.1 Å². The number of aromatic nitrogens is 2. The monoisotopic (exact) mass is 315 g/mol. The van der Waals surface area contributed by atoms with E-state index < -0.39 is 0 Å². The van der Waals surface area contributed by atoms with E-state index in [0.717, 1.165) is 11.0 Å². The van der Waals surface area contributed by atoms with Crippen LogP contribution in [0.25, 0.3) is 0 Å². The summed E-state index contributed by atoms with van der Waals surface area (Å²) < 4.78 is 2.59. The van der Waals surface area contributed by atoms with Crippen LogP contribution in [0.2, 0.25) is 0 Å². The van der Waals surface area contributed by atoms with Gasteiger partial charge in [-0.1, -0.05) is 44.2 Å². The fourth-order valence-electron chi connectivity index (χ4n) is 2.73. The third-order valence-electron chi connectivity index (χ3n) is 3.97. The molecule has 0 spiro atoms. The molecule has 1 heterocycles. The van der Waals surface area contributed by atoms with Crippen molar-refractivity contribution < 1.29 is 0 Å². The molecule has 0 amide bonds. The van der Waals surface area contributed by atoms with Gasteiger partial charge in [0, 0.05) is 38.4 Å². The number of nitrogens with one attached hydrogen (secondary N) is 1. The largest absolute Gasteiger partial charge is 0.330 e. The molecule has 0 saturated heterocycles. The Labute approximate surface area is 136 Å². The van der Waals surface area contributed by atoms with Gasteiger partial charge in [0.15, 0.2) is 0 Å². The Balaban J connectivity index is 2.23. The van der Waals surface area contributed by atoms with E-state index in [0.29, 0.717) is 18.0 Å². The number of hydrogen-bond donors (Lipinski definition) is 1. The molecule has 0 fully saturated rings. The van der Waals surface area contributed by atoms with Gasteiger partial charge in [0.05, 0.1) is 0 Å². The van der Waals surface area contributed by atoms with Crippen LogP contribution in [0.1, 0.15) is 37.4 Å². The van der Waals surface area contributed by atoms with E-state index in [4.69, 9.17) is 0 Å². The van der Waals surface area contributed by atoms with Gasteiger partial charge in [-0.3, -0.25) is 9.36 Å². The van der Waals surface area contributed by atoms with Gasteiger partial charge in [-0.25, -0.2) is 4.79 Å². The van der Waals surface area contributed by atoms with Gasteiger partial charge in [-0.2, -0.15) is 0 Å². The van der Waals surface area contributed by atoms with Gasteiger partial charge in [0.1, 0.15) is 0 Å². The second kappa shape index (κ2) is 7.42. The van der Waals surface area contributed by atoms with Crippen molar-refractivity contribution in [3.8, 4) is 0 Å². The highest BCUT2D eigenvalue weighted by Crippen LogP contribution is 2.21. The number of benzene rings is 1. The minimum Gasteiger partial charge on any atom is -0.306 e. The smallest absolute Gasteiger partial charge is 0.306 e. The van der Waals surface area contributed by atoms with Crippen molar-refractivity contribution in [1.82, 2.24) is 14.5 Å². The molecule has 0 aliphatic heterocycles. The zero-order valence-corrected chi connectivity index (χ0v) is 14.2. The van der Waals surface area contributed by atoms with Crippen LogP contribution in [0.3, 0.4) is 0 Å². The van der Waals surface area contributed by atoms with Crippen LogP contribution >= 0.6 is 0 Å². The highest BCUT2D eigenvalue weighted by atomic mass is 16.2. The molecule has 0 aliphatic carbocycles. The van der Waals surface area contributed by atoms with Gasteiger partial charge < -0.3 is 9.88 Å². The topological polar surface area (TPSA) is 56.0 Å². The van der Waals surface area contributed by atoms with Crippen LogP contribution in [-0.4, -0.2) is 9.13 Å². The van der Waals surface area contributed by atoms with E-state index in [9.17, 15) is 9.59 Å². The van der Waals surface area contributed by atoms with Crippen LogP contribution in [0, 0.1) is 5.92 Å². The molecule has 2 rings (SSSR count). The summed E-state index contributed by atoms with van der Waals surface area (Å²) in [5, 5.41) is 3.47. The van der Waals surface area contributed by atoms with E-state index in [1.54, 1.807) is 13.2 Å². The molecule has 2 aromatic rings. The van der Waals surface area contributed by atoms with E-state index >= 15 is 0 Å². The Morgan fingerprint density at radius 3 is 2.35 bits per heavy atom. The molecule has 1 aromatic carbocycles. The fraction of sp³-hybridized carbons (Fsp3) is 0.444. The van der Waals surface area contributed by atoms with Crippen LogP contribution in [0.4, 0.5) is 0 Å². The normalized spacial score (nSPS) is 12.6. The standard InChI is InChI=1S/C18H25N3O2/c1-13(2)10-16(14-8-6-5-7-9-14)19-11-15-12-20(3)18(23)21(4)17(15)22/h5-9,12-13,16,19H,10-11H2,1-4H3. The summed E-state index contributed by atoms with van der Waals surface area (Å²) in [5.74, 6) is 0.538. The first-order valence-electron chi connectivity index (χ1n) is 7.94. The summed E-state index contributed by atoms with van der Waals surface area (Å²) in [6.07, 6.45) is 2.60. The van der Waals surface area contributed by atoms with Gasteiger partial charge in [-0.15, -0.1) is 0 Å². The van der Waals surface area contributed by atoms with Crippen molar-refractivity contribution in [1.29, 1.82) is 0 Å². The minimum atomic E-state index is -0.305. The highest BCUT2D eigenvalue weighted by molar-refractivity contribution is 5.19. The molecule has 0 aliphatic rings. The predicted octanol–water partition coefficient (Wildman–Crippen LogP) is 1.96. The third kappa shape index (κ3) is 4.20. The van der Waals surface area contributed by atoms with Crippen molar-refractivity contribution in [3.05, 3.63) is 68.5 Å². The summed E-state index contributed by atoms with van der Waals surface area (Å²) >= 11 is 0. The average molecular weight is 315 g/mol. The first-order valence-corrected chi connectivity index (χ1v) is 7.94. The molecule has 5 nitrogen and oxygen atoms in total. The van der Waals surface area contributed by atoms with Crippen molar-refractivity contribution >= 4 is 0 Å². The van der Waals surface area contributed by atoms with Gasteiger partial charge in [-0.05, 0) is 17.9 Å². The molecule has 0 radical (unpaired) electrons. The molecule has 1 N–H and O–H groups in total. The van der Waals surface area contributed by atoms with Crippen molar-refractivity contribution in [2.45, 2.75) is 32.9 Å². The number of aryl methyl sites for hydroxylation is 1. The highest BCUT2D eigenvalue weighted by Gasteiger charge is 2.14. The maximum atomic E-state index is 12.2. The maximum absolute atomic E-state index is 12.2. The Kier molecular flexibility index (Phi) is 5.55. The van der Waals surface area contributed by atoms with Crippen LogP contribution in [0.5, 0.6) is 0 Å². The second-order valence-electron chi connectivity index (χ2n) is 6.39. The average Bonchev–Trinajstić information content (AvgIpc) is 2.54. The minimum absolute atomic E-state index is 0.179. The third-order valence-corrected chi connectivity index (χ3v) is 3.97. The second-order valence-corrected chi connectivity index (χ2v) is 6.39. The molecule has 0 saturated carbocycles. The first-order chi connectivity index (χ1) is 10.9.